The summed E-state index contributed by atoms with van der Waals surface area (Å²) in [5.74, 6) is 2.14. The minimum Gasteiger partial charge on any atom is -0.497 e. The normalized spacial score (nSPS) is 27.9. The lowest BCUT2D eigenvalue weighted by Crippen LogP contribution is -2.50. The number of hydrogen-bond acceptors (Lipinski definition) is 3. The third-order valence-corrected chi connectivity index (χ3v) is 5.97. The zero-order chi connectivity index (χ0) is 16.6. The molecule has 24 heavy (non-hydrogen) atoms. The molecule has 1 aromatic carbocycles. The van der Waals surface area contributed by atoms with Crippen LogP contribution < -0.4 is 4.74 Å². The van der Waals surface area contributed by atoms with Gasteiger partial charge < -0.3 is 9.64 Å². The molecule has 1 spiro atoms. The van der Waals surface area contributed by atoms with Crippen LogP contribution in [-0.2, 0) is 11.3 Å². The molecular weight excluding hydrogens is 300 g/mol. The van der Waals surface area contributed by atoms with Gasteiger partial charge in [0.15, 0.2) is 0 Å². The third-order valence-electron chi connectivity index (χ3n) is 5.97. The van der Waals surface area contributed by atoms with Gasteiger partial charge in [-0.1, -0.05) is 12.1 Å². The summed E-state index contributed by atoms with van der Waals surface area (Å²) in [6, 6.07) is 8.28. The van der Waals surface area contributed by atoms with Crippen molar-refractivity contribution in [1.29, 1.82) is 0 Å². The minimum absolute atomic E-state index is 0.105. The Morgan fingerprint density at radius 2 is 2.12 bits per heavy atom. The number of nitrogens with zero attached hydrogens (tertiary/aromatic N) is 2. The molecule has 0 radical (unpaired) electrons. The van der Waals surface area contributed by atoms with Crippen LogP contribution in [0, 0.1) is 11.3 Å². The predicted molar refractivity (Wildman–Crippen MR) is 93.9 cm³/mol. The Morgan fingerprint density at radius 3 is 2.92 bits per heavy atom. The van der Waals surface area contributed by atoms with Crippen molar-refractivity contribution in [1.82, 2.24) is 9.80 Å². The molecule has 3 aliphatic rings. The summed E-state index contributed by atoms with van der Waals surface area (Å²) >= 11 is 0. The van der Waals surface area contributed by atoms with Crippen LogP contribution in [0.4, 0.5) is 0 Å². The molecule has 0 N–H and O–H groups in total. The molecular formula is C20H28N2O2. The molecule has 2 heterocycles. The summed E-state index contributed by atoms with van der Waals surface area (Å²) in [6.45, 7) is 4.85. The van der Waals surface area contributed by atoms with Gasteiger partial charge in [-0.05, 0) is 62.3 Å². The Balaban J connectivity index is 1.41. The lowest BCUT2D eigenvalue weighted by atomic mass is 9.78. The Labute approximate surface area is 144 Å². The quantitative estimate of drug-likeness (QED) is 0.833. The van der Waals surface area contributed by atoms with E-state index in [9.17, 15) is 4.79 Å². The molecule has 1 amide bonds. The Hall–Kier alpha value is -1.55. The smallest absolute Gasteiger partial charge is 0.230 e. The number of rotatable bonds is 5. The number of likely N-dealkylation sites (tertiary alicyclic amines) is 2. The Kier molecular flexibility index (Phi) is 4.25. The first-order chi connectivity index (χ1) is 11.7. The molecule has 0 bridgehead atoms. The van der Waals surface area contributed by atoms with E-state index in [2.05, 4.69) is 21.9 Å². The van der Waals surface area contributed by atoms with Crippen LogP contribution >= 0.6 is 0 Å². The van der Waals surface area contributed by atoms with Crippen molar-refractivity contribution >= 4 is 5.91 Å². The molecule has 1 aliphatic carbocycles. The number of piperidine rings is 1. The fraction of sp³-hybridized carbons (Fsp3) is 0.650. The van der Waals surface area contributed by atoms with Crippen LogP contribution in [0.15, 0.2) is 24.3 Å². The molecule has 1 atom stereocenters. The Morgan fingerprint density at radius 1 is 1.25 bits per heavy atom. The van der Waals surface area contributed by atoms with Crippen molar-refractivity contribution in [3.63, 3.8) is 0 Å². The van der Waals surface area contributed by atoms with Gasteiger partial charge in [0.05, 0.1) is 12.5 Å². The molecule has 4 nitrogen and oxygen atoms in total. The van der Waals surface area contributed by atoms with Gasteiger partial charge in [0.1, 0.15) is 5.75 Å². The van der Waals surface area contributed by atoms with E-state index < -0.39 is 0 Å². The van der Waals surface area contributed by atoms with E-state index in [0.717, 1.165) is 57.2 Å². The van der Waals surface area contributed by atoms with Crippen molar-refractivity contribution in [2.24, 2.45) is 11.3 Å². The lowest BCUT2D eigenvalue weighted by molar-refractivity contribution is -0.145. The minimum atomic E-state index is -0.105. The zero-order valence-electron chi connectivity index (χ0n) is 14.7. The van der Waals surface area contributed by atoms with Crippen molar-refractivity contribution < 1.29 is 9.53 Å². The molecule has 2 saturated heterocycles. The molecule has 130 valence electrons. The van der Waals surface area contributed by atoms with Crippen molar-refractivity contribution in [2.75, 3.05) is 33.3 Å². The van der Waals surface area contributed by atoms with Gasteiger partial charge in [-0.3, -0.25) is 9.69 Å². The average Bonchev–Trinajstić information content (AvgIpc) is 3.33. The summed E-state index contributed by atoms with van der Waals surface area (Å²) in [5, 5.41) is 0. The summed E-state index contributed by atoms with van der Waals surface area (Å²) in [5.41, 5.74) is 1.16. The topological polar surface area (TPSA) is 32.8 Å². The first-order valence-corrected chi connectivity index (χ1v) is 9.33. The van der Waals surface area contributed by atoms with Crippen LogP contribution in [0.25, 0.3) is 0 Å². The van der Waals surface area contributed by atoms with Gasteiger partial charge in [-0.25, -0.2) is 0 Å². The third kappa shape index (κ3) is 3.16. The van der Waals surface area contributed by atoms with E-state index in [1.807, 2.05) is 12.1 Å². The number of carbonyl (C=O) groups is 1. The lowest BCUT2D eigenvalue weighted by Gasteiger charge is -2.39. The highest BCUT2D eigenvalue weighted by molar-refractivity contribution is 5.84. The van der Waals surface area contributed by atoms with Gasteiger partial charge in [0.25, 0.3) is 0 Å². The van der Waals surface area contributed by atoms with Gasteiger partial charge >= 0.3 is 0 Å². The fourth-order valence-electron chi connectivity index (χ4n) is 4.44. The van der Waals surface area contributed by atoms with E-state index in [1.54, 1.807) is 7.11 Å². The molecule has 1 aromatic rings. The molecule has 0 aromatic heterocycles. The number of methoxy groups -OCH3 is 1. The Bertz CT molecular complexity index is 613. The van der Waals surface area contributed by atoms with Gasteiger partial charge in [0.2, 0.25) is 5.91 Å². The van der Waals surface area contributed by atoms with Gasteiger partial charge in [0, 0.05) is 26.2 Å². The second-order valence-corrected chi connectivity index (χ2v) is 7.89. The van der Waals surface area contributed by atoms with E-state index in [1.165, 1.54) is 24.8 Å². The number of ether oxygens (including phenoxy) is 1. The molecule has 3 fully saturated rings. The summed E-state index contributed by atoms with van der Waals surface area (Å²) < 4.78 is 5.32. The fourth-order valence-corrected chi connectivity index (χ4v) is 4.44. The van der Waals surface area contributed by atoms with Crippen molar-refractivity contribution in [3.8, 4) is 5.75 Å². The monoisotopic (exact) mass is 328 g/mol. The number of hydrogen-bond donors (Lipinski definition) is 0. The predicted octanol–water partition coefficient (Wildman–Crippen LogP) is 2.92. The number of benzene rings is 1. The maximum Gasteiger partial charge on any atom is 0.230 e. The molecule has 1 saturated carbocycles. The van der Waals surface area contributed by atoms with Crippen molar-refractivity contribution in [3.05, 3.63) is 29.8 Å². The maximum absolute atomic E-state index is 13.1. The highest BCUT2D eigenvalue weighted by Crippen LogP contribution is 2.42. The largest absolute Gasteiger partial charge is 0.497 e. The van der Waals surface area contributed by atoms with Crippen LogP contribution in [-0.4, -0.2) is 49.0 Å². The standard InChI is InChI=1S/C20H28N2O2/c1-24-18-5-2-4-17(12-18)13-21-11-9-20(15-21)8-3-10-22(19(20)23)14-16-6-7-16/h2,4-5,12,16H,3,6-11,13-15H2,1H3/t20-/m1/s1. The highest BCUT2D eigenvalue weighted by atomic mass is 16.5. The first-order valence-electron chi connectivity index (χ1n) is 9.33. The summed E-state index contributed by atoms with van der Waals surface area (Å²) in [4.78, 5) is 17.7. The van der Waals surface area contributed by atoms with Crippen LogP contribution in [0.3, 0.4) is 0 Å². The molecule has 4 heteroatoms. The second-order valence-electron chi connectivity index (χ2n) is 7.89. The maximum atomic E-state index is 13.1. The van der Waals surface area contributed by atoms with Gasteiger partial charge in [-0.15, -0.1) is 0 Å². The van der Waals surface area contributed by atoms with Gasteiger partial charge in [-0.2, -0.15) is 0 Å². The number of amides is 1. The van der Waals surface area contributed by atoms with Crippen molar-refractivity contribution in [2.45, 2.75) is 38.6 Å². The first kappa shape index (κ1) is 15.9. The summed E-state index contributed by atoms with van der Waals surface area (Å²) in [7, 11) is 1.71. The van der Waals surface area contributed by atoms with E-state index in [0.29, 0.717) is 5.91 Å². The highest BCUT2D eigenvalue weighted by Gasteiger charge is 2.48. The number of carbonyl (C=O) groups excluding carboxylic acids is 1. The second kappa shape index (κ2) is 6.40. The molecule has 2 aliphatic heterocycles. The zero-order valence-corrected chi connectivity index (χ0v) is 14.7. The summed E-state index contributed by atoms with van der Waals surface area (Å²) in [6.07, 6.45) is 5.90. The molecule has 0 unspecified atom stereocenters. The van der Waals surface area contributed by atoms with E-state index in [4.69, 9.17) is 4.74 Å². The van der Waals surface area contributed by atoms with E-state index in [-0.39, 0.29) is 5.41 Å². The molecule has 4 rings (SSSR count). The van der Waals surface area contributed by atoms with E-state index >= 15 is 0 Å². The van der Waals surface area contributed by atoms with Crippen LogP contribution in [0.1, 0.15) is 37.7 Å². The van der Waals surface area contributed by atoms with Crippen LogP contribution in [0.5, 0.6) is 5.75 Å². The SMILES string of the molecule is COc1cccc(CN2CC[C@]3(CCCN(CC4CC4)C3=O)C2)c1. The average molecular weight is 328 g/mol. The van der Waals surface area contributed by atoms with Crippen LogP contribution in [0.2, 0.25) is 0 Å².